The van der Waals surface area contributed by atoms with Gasteiger partial charge in [-0.15, -0.1) is 0 Å². The van der Waals surface area contributed by atoms with Gasteiger partial charge in [-0.1, -0.05) is 200 Å². The summed E-state index contributed by atoms with van der Waals surface area (Å²) in [6.07, 6.45) is 46.7. The maximum Gasteiger partial charge on any atom is 0.0995 e. The van der Waals surface area contributed by atoms with Gasteiger partial charge in [-0.05, 0) is 25.7 Å². The fourth-order valence-corrected chi connectivity index (χ4v) is 6.98. The highest BCUT2D eigenvalue weighted by molar-refractivity contribution is 5.85. The first-order valence-electron chi connectivity index (χ1n) is 20.7. The monoisotopic (exact) mass is 619 g/mol. The fourth-order valence-electron chi connectivity index (χ4n) is 6.98. The maximum atomic E-state index is 6.03. The molecule has 262 valence electrons. The molecule has 0 fully saturated rings. The lowest BCUT2D eigenvalue weighted by atomic mass is 9.94. The minimum Gasteiger partial charge on any atom is -0.381 e. The van der Waals surface area contributed by atoms with Crippen LogP contribution in [0, 0.1) is 5.92 Å². The van der Waals surface area contributed by atoms with Gasteiger partial charge in [0, 0.05) is 25.7 Å². The molecule has 1 aliphatic heterocycles. The van der Waals surface area contributed by atoms with Crippen LogP contribution in [0.2, 0.25) is 0 Å². The van der Waals surface area contributed by atoms with Crippen molar-refractivity contribution in [2.45, 2.75) is 226 Å². The molecule has 1 heterocycles. The van der Waals surface area contributed by atoms with Gasteiger partial charge < -0.3 is 10.1 Å². The van der Waals surface area contributed by atoms with Gasteiger partial charge in [0.05, 0.1) is 12.4 Å². The highest BCUT2D eigenvalue weighted by atomic mass is 16.5. The molecule has 0 aromatic rings. The lowest BCUT2D eigenvalue weighted by Crippen LogP contribution is -2.27. The van der Waals surface area contributed by atoms with Crippen LogP contribution in [0.5, 0.6) is 0 Å². The van der Waals surface area contributed by atoms with E-state index in [0.717, 1.165) is 26.3 Å². The van der Waals surface area contributed by atoms with Gasteiger partial charge in [0.25, 0.3) is 0 Å². The van der Waals surface area contributed by atoms with E-state index in [1.54, 1.807) is 0 Å². The number of unbranched alkanes of at least 4 members (excludes halogenated alkanes) is 28. The molecule has 0 saturated heterocycles. The zero-order chi connectivity index (χ0) is 31.4. The molecule has 3 nitrogen and oxygen atoms in total. The Morgan fingerprint density at radius 1 is 0.455 bits per heavy atom. The molecular weight excluding hydrogens is 536 g/mol. The van der Waals surface area contributed by atoms with Crippen molar-refractivity contribution in [1.82, 2.24) is 5.32 Å². The van der Waals surface area contributed by atoms with E-state index in [9.17, 15) is 0 Å². The van der Waals surface area contributed by atoms with Crippen molar-refractivity contribution in [2.24, 2.45) is 10.9 Å². The molecule has 3 heteroatoms. The summed E-state index contributed by atoms with van der Waals surface area (Å²) >= 11 is 0. The fraction of sp³-hybridized carbons (Fsp3) is 0.976. The average molecular weight is 619 g/mol. The van der Waals surface area contributed by atoms with Crippen molar-refractivity contribution in [3.05, 3.63) is 0 Å². The standard InChI is InChI=1S/C41H82N2O/c1-3-5-7-9-11-13-15-17-19-20-22-24-26-28-30-32-38-44-39-33-35-40(41-42-36-37-43-41)34-31-29-27-25-23-21-18-16-14-12-10-8-6-4-2/h40H,3-39H2,1-2H3,(H,42,43). The van der Waals surface area contributed by atoms with Gasteiger partial charge in [-0.2, -0.15) is 0 Å². The number of aliphatic imine (C=N–C) groups is 1. The zero-order valence-corrected chi connectivity index (χ0v) is 30.6. The van der Waals surface area contributed by atoms with Gasteiger partial charge in [-0.3, -0.25) is 4.99 Å². The zero-order valence-electron chi connectivity index (χ0n) is 30.6. The molecule has 0 aromatic heterocycles. The number of nitrogens with zero attached hydrogens (tertiary/aromatic N) is 1. The van der Waals surface area contributed by atoms with E-state index in [1.165, 1.54) is 218 Å². The quantitative estimate of drug-likeness (QED) is 0.0703. The summed E-state index contributed by atoms with van der Waals surface area (Å²) in [6.45, 7) is 8.51. The van der Waals surface area contributed by atoms with Crippen LogP contribution in [0.4, 0.5) is 0 Å². The van der Waals surface area contributed by atoms with Gasteiger partial charge in [0.1, 0.15) is 0 Å². The van der Waals surface area contributed by atoms with E-state index in [0.29, 0.717) is 5.92 Å². The Labute approximate surface area is 278 Å². The Kier molecular flexibility index (Phi) is 33.2. The van der Waals surface area contributed by atoms with Crippen molar-refractivity contribution >= 4 is 5.84 Å². The van der Waals surface area contributed by atoms with Crippen LogP contribution in [0.3, 0.4) is 0 Å². The Bertz CT molecular complexity index is 577. The molecular formula is C41H82N2O. The summed E-state index contributed by atoms with van der Waals surface area (Å²) < 4.78 is 6.03. The largest absolute Gasteiger partial charge is 0.381 e. The first-order valence-corrected chi connectivity index (χ1v) is 20.7. The molecule has 1 N–H and O–H groups in total. The first kappa shape index (κ1) is 41.5. The average Bonchev–Trinajstić information content (AvgIpc) is 3.58. The number of nitrogens with one attached hydrogen (secondary N) is 1. The number of rotatable bonds is 37. The van der Waals surface area contributed by atoms with Crippen molar-refractivity contribution in [3.63, 3.8) is 0 Å². The maximum absolute atomic E-state index is 6.03. The summed E-state index contributed by atoms with van der Waals surface area (Å²) in [5.74, 6) is 1.94. The lowest BCUT2D eigenvalue weighted by molar-refractivity contribution is 0.124. The minimum absolute atomic E-state index is 0.633. The van der Waals surface area contributed by atoms with Crippen molar-refractivity contribution in [3.8, 4) is 0 Å². The van der Waals surface area contributed by atoms with Crippen molar-refractivity contribution in [1.29, 1.82) is 0 Å². The van der Waals surface area contributed by atoms with Crippen LogP contribution in [-0.2, 0) is 4.74 Å². The molecule has 0 aromatic carbocycles. The number of hydrogen-bond acceptors (Lipinski definition) is 3. The second-order valence-electron chi connectivity index (χ2n) is 14.3. The molecule has 0 radical (unpaired) electrons. The van der Waals surface area contributed by atoms with Crippen LogP contribution in [0.25, 0.3) is 0 Å². The van der Waals surface area contributed by atoms with Crippen LogP contribution in [0.1, 0.15) is 226 Å². The lowest BCUT2D eigenvalue weighted by Gasteiger charge is -2.17. The Morgan fingerprint density at radius 3 is 1.18 bits per heavy atom. The smallest absolute Gasteiger partial charge is 0.0995 e. The molecule has 0 bridgehead atoms. The number of ether oxygens (including phenoxy) is 1. The number of amidine groups is 1. The van der Waals surface area contributed by atoms with Crippen LogP contribution in [0.15, 0.2) is 4.99 Å². The third kappa shape index (κ3) is 28.9. The van der Waals surface area contributed by atoms with Gasteiger partial charge in [0.2, 0.25) is 0 Å². The second-order valence-corrected chi connectivity index (χ2v) is 14.3. The summed E-state index contributed by atoms with van der Waals surface area (Å²) in [7, 11) is 0. The molecule has 1 unspecified atom stereocenters. The van der Waals surface area contributed by atoms with E-state index in [2.05, 4.69) is 19.2 Å². The molecule has 0 amide bonds. The number of hydrogen-bond donors (Lipinski definition) is 1. The molecule has 1 rings (SSSR count). The Balaban J connectivity index is 1.86. The summed E-state index contributed by atoms with van der Waals surface area (Å²) in [5.41, 5.74) is 0. The van der Waals surface area contributed by atoms with E-state index < -0.39 is 0 Å². The summed E-state index contributed by atoms with van der Waals surface area (Å²) in [4.78, 5) is 4.79. The molecule has 1 aliphatic rings. The second kappa shape index (κ2) is 35.3. The van der Waals surface area contributed by atoms with Gasteiger partial charge >= 0.3 is 0 Å². The summed E-state index contributed by atoms with van der Waals surface area (Å²) in [5, 5.41) is 3.58. The van der Waals surface area contributed by atoms with E-state index in [1.807, 2.05) is 0 Å². The van der Waals surface area contributed by atoms with Crippen molar-refractivity contribution in [2.75, 3.05) is 26.3 Å². The first-order chi connectivity index (χ1) is 21.9. The predicted octanol–water partition coefficient (Wildman–Crippen LogP) is 13.5. The molecule has 1 atom stereocenters. The van der Waals surface area contributed by atoms with Gasteiger partial charge in [-0.25, -0.2) is 0 Å². The third-order valence-electron chi connectivity index (χ3n) is 9.98. The predicted molar refractivity (Wildman–Crippen MR) is 198 cm³/mol. The third-order valence-corrected chi connectivity index (χ3v) is 9.98. The van der Waals surface area contributed by atoms with E-state index >= 15 is 0 Å². The SMILES string of the molecule is CCCCCCCCCCCCCCCCCCOCCCC(CCCCCCCCCCCCCCCC)C1=NCCN1. The van der Waals surface area contributed by atoms with Crippen LogP contribution in [-0.4, -0.2) is 32.1 Å². The van der Waals surface area contributed by atoms with Crippen LogP contribution >= 0.6 is 0 Å². The minimum atomic E-state index is 0.633. The molecule has 0 spiro atoms. The normalized spacial score (nSPS) is 13.8. The van der Waals surface area contributed by atoms with Gasteiger partial charge in [0.15, 0.2) is 0 Å². The molecule has 0 aliphatic carbocycles. The molecule has 0 saturated carbocycles. The van der Waals surface area contributed by atoms with Crippen LogP contribution < -0.4 is 5.32 Å². The highest BCUT2D eigenvalue weighted by Crippen LogP contribution is 2.20. The van der Waals surface area contributed by atoms with E-state index in [4.69, 9.17) is 9.73 Å². The summed E-state index contributed by atoms with van der Waals surface area (Å²) in [6, 6.07) is 0. The highest BCUT2D eigenvalue weighted by Gasteiger charge is 2.18. The van der Waals surface area contributed by atoms with E-state index in [-0.39, 0.29) is 0 Å². The topological polar surface area (TPSA) is 33.6 Å². The Morgan fingerprint density at radius 2 is 0.795 bits per heavy atom. The van der Waals surface area contributed by atoms with Crippen molar-refractivity contribution < 1.29 is 4.74 Å². The molecule has 44 heavy (non-hydrogen) atoms. The Hall–Kier alpha value is -0.570.